The van der Waals surface area contributed by atoms with E-state index >= 15 is 0 Å². The second kappa shape index (κ2) is 8.09. The molecule has 2 N–H and O–H groups in total. The van der Waals surface area contributed by atoms with Gasteiger partial charge in [-0.25, -0.2) is 9.59 Å². The van der Waals surface area contributed by atoms with E-state index in [-0.39, 0.29) is 6.03 Å². The Morgan fingerprint density at radius 1 is 1.40 bits per heavy atom. The molecular weight excluding hydrogens is 260 g/mol. The van der Waals surface area contributed by atoms with Crippen LogP contribution in [-0.2, 0) is 9.53 Å². The molecule has 1 fully saturated rings. The fraction of sp³-hybridized carbons (Fsp3) is 0.857. The molecule has 6 heteroatoms. The number of carbonyl (C=O) groups excluding carboxylic acids is 1. The normalized spacial score (nSPS) is 24.2. The third-order valence-electron chi connectivity index (χ3n) is 4.06. The van der Waals surface area contributed by atoms with Gasteiger partial charge >= 0.3 is 12.0 Å². The maximum Gasteiger partial charge on any atom is 0.326 e. The van der Waals surface area contributed by atoms with Crippen molar-refractivity contribution in [2.75, 3.05) is 26.8 Å². The fourth-order valence-electron chi connectivity index (χ4n) is 2.38. The summed E-state index contributed by atoms with van der Waals surface area (Å²) < 4.78 is 4.90. The monoisotopic (exact) mass is 286 g/mol. The Hall–Kier alpha value is -1.30. The third-order valence-corrected chi connectivity index (χ3v) is 4.06. The van der Waals surface area contributed by atoms with Gasteiger partial charge in [0, 0.05) is 26.8 Å². The summed E-state index contributed by atoms with van der Waals surface area (Å²) in [4.78, 5) is 25.0. The second-order valence-electron chi connectivity index (χ2n) is 5.66. The number of aliphatic carboxylic acids is 1. The lowest BCUT2D eigenvalue weighted by molar-refractivity contribution is -0.139. The largest absolute Gasteiger partial charge is 0.480 e. The van der Waals surface area contributed by atoms with Gasteiger partial charge < -0.3 is 20.1 Å². The molecule has 0 radical (unpaired) electrons. The van der Waals surface area contributed by atoms with Crippen molar-refractivity contribution in [2.45, 2.75) is 39.2 Å². The van der Waals surface area contributed by atoms with Crippen LogP contribution in [-0.4, -0.2) is 54.9 Å². The minimum Gasteiger partial charge on any atom is -0.480 e. The van der Waals surface area contributed by atoms with Gasteiger partial charge in [-0.15, -0.1) is 0 Å². The van der Waals surface area contributed by atoms with E-state index in [0.29, 0.717) is 44.4 Å². The lowest BCUT2D eigenvalue weighted by Crippen LogP contribution is -2.51. The van der Waals surface area contributed by atoms with Gasteiger partial charge in [0.15, 0.2) is 0 Å². The number of hydrogen-bond acceptors (Lipinski definition) is 3. The molecule has 20 heavy (non-hydrogen) atoms. The van der Waals surface area contributed by atoms with Crippen LogP contribution in [0.5, 0.6) is 0 Å². The van der Waals surface area contributed by atoms with Crippen molar-refractivity contribution in [3.05, 3.63) is 0 Å². The second-order valence-corrected chi connectivity index (χ2v) is 5.66. The zero-order valence-electron chi connectivity index (χ0n) is 12.6. The van der Waals surface area contributed by atoms with Gasteiger partial charge in [-0.1, -0.05) is 13.8 Å². The highest BCUT2D eigenvalue weighted by Crippen LogP contribution is 2.22. The smallest absolute Gasteiger partial charge is 0.326 e. The molecule has 6 nitrogen and oxygen atoms in total. The predicted octanol–water partition coefficient (Wildman–Crippen LogP) is 1.55. The number of carboxylic acid groups (broad SMARTS) is 1. The molecule has 116 valence electrons. The summed E-state index contributed by atoms with van der Waals surface area (Å²) in [6.07, 6.45) is 1.96. The summed E-state index contributed by atoms with van der Waals surface area (Å²) in [6.45, 7) is 6.19. The molecule has 0 aromatic heterocycles. The van der Waals surface area contributed by atoms with Gasteiger partial charge in [-0.05, 0) is 31.1 Å². The summed E-state index contributed by atoms with van der Waals surface area (Å²) >= 11 is 0. The highest BCUT2D eigenvalue weighted by atomic mass is 16.5. The van der Waals surface area contributed by atoms with Crippen LogP contribution in [0.1, 0.15) is 33.1 Å². The number of nitrogens with zero attached hydrogens (tertiary/aromatic N) is 1. The molecule has 3 atom stereocenters. The zero-order chi connectivity index (χ0) is 15.1. The molecule has 1 heterocycles. The topological polar surface area (TPSA) is 78.9 Å². The van der Waals surface area contributed by atoms with E-state index < -0.39 is 12.0 Å². The zero-order valence-corrected chi connectivity index (χ0v) is 12.6. The van der Waals surface area contributed by atoms with Crippen molar-refractivity contribution in [2.24, 2.45) is 11.8 Å². The fourth-order valence-corrected chi connectivity index (χ4v) is 2.38. The SMILES string of the molecule is COCCCC(NC(=O)N1CCC(C)C(C)C1)C(=O)O. The summed E-state index contributed by atoms with van der Waals surface area (Å²) in [7, 11) is 1.57. The van der Waals surface area contributed by atoms with Crippen molar-refractivity contribution >= 4 is 12.0 Å². The molecule has 0 spiro atoms. The summed E-state index contributed by atoms with van der Waals surface area (Å²) in [5.41, 5.74) is 0. The number of urea groups is 1. The van der Waals surface area contributed by atoms with Crippen LogP contribution < -0.4 is 5.32 Å². The Labute approximate surface area is 120 Å². The first-order chi connectivity index (χ1) is 9.45. The molecule has 1 aliphatic rings. The Bertz CT molecular complexity index is 335. The van der Waals surface area contributed by atoms with E-state index in [2.05, 4.69) is 19.2 Å². The summed E-state index contributed by atoms with van der Waals surface area (Å²) in [6, 6.07) is -1.11. The first-order valence-corrected chi connectivity index (χ1v) is 7.22. The van der Waals surface area contributed by atoms with E-state index in [4.69, 9.17) is 9.84 Å². The first kappa shape index (κ1) is 16.8. The Balaban J connectivity index is 2.47. The van der Waals surface area contributed by atoms with Gasteiger partial charge in [0.2, 0.25) is 0 Å². The molecule has 0 aromatic carbocycles. The van der Waals surface area contributed by atoms with Crippen LogP contribution in [0, 0.1) is 11.8 Å². The molecule has 0 saturated carbocycles. The molecule has 0 aliphatic carbocycles. The quantitative estimate of drug-likeness (QED) is 0.726. The Kier molecular flexibility index (Phi) is 6.78. The molecule has 0 bridgehead atoms. The number of likely N-dealkylation sites (tertiary alicyclic amines) is 1. The van der Waals surface area contributed by atoms with Crippen LogP contribution >= 0.6 is 0 Å². The van der Waals surface area contributed by atoms with Gasteiger partial charge in [0.25, 0.3) is 0 Å². The van der Waals surface area contributed by atoms with Gasteiger partial charge in [-0.2, -0.15) is 0 Å². The lowest BCUT2D eigenvalue weighted by atomic mass is 9.89. The average molecular weight is 286 g/mol. The van der Waals surface area contributed by atoms with Crippen molar-refractivity contribution < 1.29 is 19.4 Å². The number of ether oxygens (including phenoxy) is 1. The minimum atomic E-state index is -0.993. The van der Waals surface area contributed by atoms with Crippen molar-refractivity contribution in [3.63, 3.8) is 0 Å². The van der Waals surface area contributed by atoms with Crippen LogP contribution in [0.4, 0.5) is 4.79 Å². The Morgan fingerprint density at radius 2 is 2.10 bits per heavy atom. The van der Waals surface area contributed by atoms with Gasteiger partial charge in [0.1, 0.15) is 6.04 Å². The van der Waals surface area contributed by atoms with Crippen LogP contribution in [0.25, 0.3) is 0 Å². The summed E-state index contributed by atoms with van der Waals surface area (Å²) in [5.74, 6) is 0.0650. The van der Waals surface area contributed by atoms with Crippen molar-refractivity contribution in [1.82, 2.24) is 10.2 Å². The molecular formula is C14H26N2O4. The first-order valence-electron chi connectivity index (χ1n) is 7.22. The number of methoxy groups -OCH3 is 1. The molecule has 1 aliphatic heterocycles. The predicted molar refractivity (Wildman–Crippen MR) is 75.6 cm³/mol. The number of carbonyl (C=O) groups is 2. The lowest BCUT2D eigenvalue weighted by Gasteiger charge is -2.35. The minimum absolute atomic E-state index is 0.270. The van der Waals surface area contributed by atoms with E-state index in [1.54, 1.807) is 12.0 Å². The van der Waals surface area contributed by atoms with Crippen molar-refractivity contribution in [1.29, 1.82) is 0 Å². The standard InChI is InChI=1S/C14H26N2O4/c1-10-6-7-16(9-11(10)2)14(19)15-12(13(17)18)5-4-8-20-3/h10-12H,4-9H2,1-3H3,(H,15,19)(H,17,18). The number of hydrogen-bond donors (Lipinski definition) is 2. The molecule has 2 amide bonds. The molecule has 1 saturated heterocycles. The molecule has 0 aromatic rings. The summed E-state index contributed by atoms with van der Waals surface area (Å²) in [5, 5.41) is 11.8. The molecule has 1 rings (SSSR count). The highest BCUT2D eigenvalue weighted by Gasteiger charge is 2.28. The number of rotatable bonds is 6. The van der Waals surface area contributed by atoms with E-state index in [1.807, 2.05) is 0 Å². The van der Waals surface area contributed by atoms with Crippen molar-refractivity contribution in [3.8, 4) is 0 Å². The number of nitrogens with one attached hydrogen (secondary N) is 1. The molecule has 3 unspecified atom stereocenters. The van der Waals surface area contributed by atoms with Crippen LogP contribution in [0.15, 0.2) is 0 Å². The number of piperidine rings is 1. The maximum atomic E-state index is 12.1. The Morgan fingerprint density at radius 3 is 2.65 bits per heavy atom. The third kappa shape index (κ3) is 5.00. The van der Waals surface area contributed by atoms with Crippen LogP contribution in [0.2, 0.25) is 0 Å². The van der Waals surface area contributed by atoms with Gasteiger partial charge in [0.05, 0.1) is 0 Å². The van der Waals surface area contributed by atoms with E-state index in [1.165, 1.54) is 0 Å². The maximum absolute atomic E-state index is 12.1. The highest BCUT2D eigenvalue weighted by molar-refractivity contribution is 5.82. The van der Waals surface area contributed by atoms with E-state index in [0.717, 1.165) is 6.42 Å². The van der Waals surface area contributed by atoms with E-state index in [9.17, 15) is 9.59 Å². The van der Waals surface area contributed by atoms with Gasteiger partial charge in [-0.3, -0.25) is 0 Å². The number of amides is 2. The number of carboxylic acids is 1. The van der Waals surface area contributed by atoms with Crippen LogP contribution in [0.3, 0.4) is 0 Å². The average Bonchev–Trinajstić information content (AvgIpc) is 2.40.